The third-order valence-electron chi connectivity index (χ3n) is 3.22. The fourth-order valence-corrected chi connectivity index (χ4v) is 3.88. The fraction of sp³-hybridized carbons (Fsp3) is 0.375. The van der Waals surface area contributed by atoms with Crippen molar-refractivity contribution in [2.24, 2.45) is 0 Å². The number of hydrogen-bond donors (Lipinski definition) is 1. The first kappa shape index (κ1) is 15.7. The van der Waals surface area contributed by atoms with Crippen LogP contribution in [0.15, 0.2) is 40.2 Å². The lowest BCUT2D eigenvalue weighted by Crippen LogP contribution is -2.21. The molecule has 0 aliphatic heterocycles. The number of rotatable bonds is 7. The van der Waals surface area contributed by atoms with Gasteiger partial charge in [-0.2, -0.15) is 0 Å². The first-order valence-electron chi connectivity index (χ1n) is 6.80. The smallest absolute Gasteiger partial charge is 0.0682 e. The third-order valence-corrected chi connectivity index (χ3v) is 5.16. The number of halogens is 1. The predicted molar refractivity (Wildman–Crippen MR) is 89.6 cm³/mol. The molecule has 20 heavy (non-hydrogen) atoms. The second kappa shape index (κ2) is 7.93. The molecule has 1 unspecified atom stereocenters. The topological polar surface area (TPSA) is 21.3 Å². The molecule has 0 bridgehead atoms. The fourth-order valence-electron chi connectivity index (χ4n) is 2.17. The van der Waals surface area contributed by atoms with E-state index >= 15 is 0 Å². The van der Waals surface area contributed by atoms with Gasteiger partial charge in [-0.1, -0.05) is 31.2 Å². The lowest BCUT2D eigenvalue weighted by atomic mass is 10.0. The Morgan fingerprint density at radius 2 is 2.00 bits per heavy atom. The Labute approximate surface area is 133 Å². The van der Waals surface area contributed by atoms with Gasteiger partial charge in [-0.05, 0) is 51.5 Å². The lowest BCUT2D eigenvalue weighted by Gasteiger charge is -2.18. The van der Waals surface area contributed by atoms with E-state index in [1.165, 1.54) is 20.5 Å². The van der Waals surface area contributed by atoms with Gasteiger partial charge in [0.05, 0.1) is 12.6 Å². The van der Waals surface area contributed by atoms with Crippen molar-refractivity contribution in [2.75, 3.05) is 20.3 Å². The monoisotopic (exact) mass is 353 g/mol. The SMILES string of the molecule is CCNC(c1ccc(CCOC)cc1)c1sccc1Br. The maximum atomic E-state index is 5.12. The first-order chi connectivity index (χ1) is 9.76. The molecule has 0 amide bonds. The van der Waals surface area contributed by atoms with Gasteiger partial charge < -0.3 is 10.1 Å². The van der Waals surface area contributed by atoms with Gasteiger partial charge in [0.25, 0.3) is 0 Å². The number of ether oxygens (including phenoxy) is 1. The summed E-state index contributed by atoms with van der Waals surface area (Å²) >= 11 is 5.42. The zero-order chi connectivity index (χ0) is 14.4. The lowest BCUT2D eigenvalue weighted by molar-refractivity contribution is 0.202. The van der Waals surface area contributed by atoms with Crippen LogP contribution < -0.4 is 5.32 Å². The number of benzene rings is 1. The van der Waals surface area contributed by atoms with Crippen LogP contribution in [0.2, 0.25) is 0 Å². The van der Waals surface area contributed by atoms with Crippen molar-refractivity contribution < 1.29 is 4.74 Å². The van der Waals surface area contributed by atoms with E-state index in [1.54, 1.807) is 18.4 Å². The average Bonchev–Trinajstić information content (AvgIpc) is 2.89. The molecule has 2 aromatic rings. The van der Waals surface area contributed by atoms with E-state index in [9.17, 15) is 0 Å². The van der Waals surface area contributed by atoms with E-state index in [-0.39, 0.29) is 6.04 Å². The summed E-state index contributed by atoms with van der Waals surface area (Å²) in [4.78, 5) is 1.33. The highest BCUT2D eigenvalue weighted by molar-refractivity contribution is 9.10. The zero-order valence-electron chi connectivity index (χ0n) is 11.9. The van der Waals surface area contributed by atoms with Crippen molar-refractivity contribution >= 4 is 27.3 Å². The van der Waals surface area contributed by atoms with Crippen LogP contribution >= 0.6 is 27.3 Å². The molecule has 0 fully saturated rings. The van der Waals surface area contributed by atoms with Crippen LogP contribution in [0.3, 0.4) is 0 Å². The highest BCUT2D eigenvalue weighted by Gasteiger charge is 2.16. The predicted octanol–water partition coefficient (Wildman–Crippen LogP) is 4.40. The van der Waals surface area contributed by atoms with Gasteiger partial charge in [-0.25, -0.2) is 0 Å². The Morgan fingerprint density at radius 3 is 2.55 bits per heavy atom. The molecular formula is C16H20BrNOS. The van der Waals surface area contributed by atoms with Crippen LogP contribution in [0.5, 0.6) is 0 Å². The van der Waals surface area contributed by atoms with E-state index < -0.39 is 0 Å². The number of nitrogens with one attached hydrogen (secondary N) is 1. The molecule has 0 aliphatic rings. The summed E-state index contributed by atoms with van der Waals surface area (Å²) in [5.41, 5.74) is 2.62. The van der Waals surface area contributed by atoms with Crippen molar-refractivity contribution in [3.8, 4) is 0 Å². The average molecular weight is 354 g/mol. The maximum Gasteiger partial charge on any atom is 0.0682 e. The molecule has 2 nitrogen and oxygen atoms in total. The Hall–Kier alpha value is -0.680. The van der Waals surface area contributed by atoms with Gasteiger partial charge in [0, 0.05) is 16.5 Å². The normalized spacial score (nSPS) is 12.6. The largest absolute Gasteiger partial charge is 0.384 e. The molecule has 108 valence electrons. The molecule has 0 aliphatic carbocycles. The molecule has 1 N–H and O–H groups in total. The van der Waals surface area contributed by atoms with E-state index in [4.69, 9.17) is 4.74 Å². The second-order valence-corrected chi connectivity index (χ2v) is 6.41. The van der Waals surface area contributed by atoms with Crippen molar-refractivity contribution in [1.82, 2.24) is 5.32 Å². The summed E-state index contributed by atoms with van der Waals surface area (Å²) in [5, 5.41) is 5.68. The molecule has 1 aromatic heterocycles. The van der Waals surface area contributed by atoms with Crippen molar-refractivity contribution in [3.63, 3.8) is 0 Å². The number of methoxy groups -OCH3 is 1. The van der Waals surface area contributed by atoms with Gasteiger partial charge in [-0.3, -0.25) is 0 Å². The van der Waals surface area contributed by atoms with Crippen LogP contribution in [-0.4, -0.2) is 20.3 Å². The maximum absolute atomic E-state index is 5.12. The molecule has 0 saturated heterocycles. The molecule has 1 atom stereocenters. The number of hydrogen-bond acceptors (Lipinski definition) is 3. The van der Waals surface area contributed by atoms with Gasteiger partial charge in [0.1, 0.15) is 0 Å². The standard InChI is InChI=1S/C16H20BrNOS/c1-3-18-15(16-14(17)9-11-20-16)13-6-4-12(5-7-13)8-10-19-2/h4-7,9,11,15,18H,3,8,10H2,1-2H3. The van der Waals surface area contributed by atoms with Gasteiger partial charge >= 0.3 is 0 Å². The summed E-state index contributed by atoms with van der Waals surface area (Å²) in [6.45, 7) is 3.86. The molecule has 1 aromatic carbocycles. The van der Waals surface area contributed by atoms with E-state index in [0.29, 0.717) is 0 Å². The molecule has 2 rings (SSSR count). The Morgan fingerprint density at radius 1 is 1.25 bits per heavy atom. The van der Waals surface area contributed by atoms with Crippen molar-refractivity contribution in [2.45, 2.75) is 19.4 Å². The zero-order valence-corrected chi connectivity index (χ0v) is 14.3. The van der Waals surface area contributed by atoms with Crippen molar-refractivity contribution in [1.29, 1.82) is 0 Å². The highest BCUT2D eigenvalue weighted by Crippen LogP contribution is 2.33. The third kappa shape index (κ3) is 3.92. The minimum absolute atomic E-state index is 0.255. The van der Waals surface area contributed by atoms with Crippen LogP contribution in [0.1, 0.15) is 29.0 Å². The minimum atomic E-state index is 0.255. The number of thiophene rings is 1. The Bertz CT molecular complexity index is 524. The van der Waals surface area contributed by atoms with E-state index in [1.807, 2.05) is 0 Å². The molecular weight excluding hydrogens is 334 g/mol. The van der Waals surface area contributed by atoms with E-state index in [2.05, 4.69) is 63.9 Å². The molecule has 1 heterocycles. The Kier molecular flexibility index (Phi) is 6.23. The summed E-state index contributed by atoms with van der Waals surface area (Å²) in [5.74, 6) is 0. The summed E-state index contributed by atoms with van der Waals surface area (Å²) < 4.78 is 6.30. The second-order valence-electron chi connectivity index (χ2n) is 4.61. The van der Waals surface area contributed by atoms with E-state index in [0.717, 1.165) is 19.6 Å². The summed E-state index contributed by atoms with van der Waals surface area (Å²) in [6, 6.07) is 11.2. The molecule has 0 spiro atoms. The van der Waals surface area contributed by atoms with Gasteiger partial charge in [0.15, 0.2) is 0 Å². The summed E-state index contributed by atoms with van der Waals surface area (Å²) in [6.07, 6.45) is 0.964. The van der Waals surface area contributed by atoms with Gasteiger partial charge in [0.2, 0.25) is 0 Å². The first-order valence-corrected chi connectivity index (χ1v) is 8.47. The Balaban J connectivity index is 2.19. The highest BCUT2D eigenvalue weighted by atomic mass is 79.9. The van der Waals surface area contributed by atoms with Crippen molar-refractivity contribution in [3.05, 3.63) is 56.2 Å². The summed E-state index contributed by atoms with van der Waals surface area (Å²) in [7, 11) is 1.74. The van der Waals surface area contributed by atoms with Crippen LogP contribution in [-0.2, 0) is 11.2 Å². The molecule has 0 saturated carbocycles. The molecule has 4 heteroatoms. The van der Waals surface area contributed by atoms with Crippen LogP contribution in [0, 0.1) is 0 Å². The molecule has 0 radical (unpaired) electrons. The minimum Gasteiger partial charge on any atom is -0.384 e. The quantitative estimate of drug-likeness (QED) is 0.796. The van der Waals surface area contributed by atoms with Crippen LogP contribution in [0.25, 0.3) is 0 Å². The van der Waals surface area contributed by atoms with Crippen LogP contribution in [0.4, 0.5) is 0 Å². The van der Waals surface area contributed by atoms with Gasteiger partial charge in [-0.15, -0.1) is 11.3 Å².